The smallest absolute Gasteiger partial charge is 0.254 e. The third-order valence-corrected chi connectivity index (χ3v) is 3.10. The van der Waals surface area contributed by atoms with Crippen LogP contribution < -0.4 is 5.56 Å². The topological polar surface area (TPSA) is 45.8 Å². The summed E-state index contributed by atoms with van der Waals surface area (Å²) in [5.74, 6) is 0. The highest BCUT2D eigenvalue weighted by atomic mass is 16.1. The van der Waals surface area contributed by atoms with Gasteiger partial charge in [-0.3, -0.25) is 4.79 Å². The highest BCUT2D eigenvalue weighted by Gasteiger charge is 2.45. The second-order valence-corrected chi connectivity index (χ2v) is 3.83. The fourth-order valence-corrected chi connectivity index (χ4v) is 2.04. The number of nitrogens with zero attached hydrogens (tertiary/aromatic N) is 1. The van der Waals surface area contributed by atoms with Crippen LogP contribution in [-0.2, 0) is 5.41 Å². The zero-order valence-corrected chi connectivity index (χ0v) is 8.05. The Labute approximate surface area is 77.2 Å². The Morgan fingerprint density at radius 3 is 2.77 bits per heavy atom. The Kier molecular flexibility index (Phi) is 1.75. The number of H-pyrrole nitrogens is 1. The van der Waals surface area contributed by atoms with Crippen molar-refractivity contribution in [1.29, 1.82) is 0 Å². The van der Waals surface area contributed by atoms with Crippen molar-refractivity contribution < 1.29 is 0 Å². The molecule has 3 nitrogen and oxygen atoms in total. The number of aryl methyl sites for hydroxylation is 1. The monoisotopic (exact) mass is 178 g/mol. The van der Waals surface area contributed by atoms with Gasteiger partial charge in [0.15, 0.2) is 0 Å². The molecule has 0 aromatic carbocycles. The average Bonchev–Trinajstić information content (AvgIpc) is 2.85. The lowest BCUT2D eigenvalue weighted by atomic mass is 9.93. The minimum absolute atomic E-state index is 0.0480. The molecule has 1 heterocycles. The number of hydrogen-bond acceptors (Lipinski definition) is 2. The van der Waals surface area contributed by atoms with Gasteiger partial charge >= 0.3 is 0 Å². The Morgan fingerprint density at radius 1 is 1.62 bits per heavy atom. The number of aromatic nitrogens is 2. The van der Waals surface area contributed by atoms with Crippen LogP contribution in [0.5, 0.6) is 0 Å². The SMILES string of the molecule is CCC1(c2c(C)nc[nH]c2=O)CC1. The van der Waals surface area contributed by atoms with Crippen LogP contribution in [0.15, 0.2) is 11.1 Å². The predicted molar refractivity (Wildman–Crippen MR) is 50.8 cm³/mol. The van der Waals surface area contributed by atoms with Gasteiger partial charge in [0.25, 0.3) is 5.56 Å². The van der Waals surface area contributed by atoms with E-state index < -0.39 is 0 Å². The largest absolute Gasteiger partial charge is 0.313 e. The van der Waals surface area contributed by atoms with Crippen LogP contribution in [0.4, 0.5) is 0 Å². The number of nitrogens with one attached hydrogen (secondary N) is 1. The molecule has 0 unspecified atom stereocenters. The van der Waals surface area contributed by atoms with E-state index in [0.29, 0.717) is 0 Å². The van der Waals surface area contributed by atoms with Crippen LogP contribution in [-0.4, -0.2) is 9.97 Å². The molecule has 1 aliphatic rings. The molecule has 1 aromatic heterocycles. The quantitative estimate of drug-likeness (QED) is 0.746. The van der Waals surface area contributed by atoms with Gasteiger partial charge in [-0.25, -0.2) is 4.98 Å². The Balaban J connectivity index is 2.57. The van der Waals surface area contributed by atoms with E-state index in [1.807, 2.05) is 6.92 Å². The van der Waals surface area contributed by atoms with Gasteiger partial charge in [-0.15, -0.1) is 0 Å². The first kappa shape index (κ1) is 8.48. The molecule has 0 radical (unpaired) electrons. The fraction of sp³-hybridized carbons (Fsp3) is 0.600. The van der Waals surface area contributed by atoms with Crippen LogP contribution in [0.1, 0.15) is 37.4 Å². The molecular weight excluding hydrogens is 164 g/mol. The summed E-state index contributed by atoms with van der Waals surface area (Å²) < 4.78 is 0. The summed E-state index contributed by atoms with van der Waals surface area (Å²) in [5.41, 5.74) is 2.01. The van der Waals surface area contributed by atoms with Crippen LogP contribution in [0.3, 0.4) is 0 Å². The summed E-state index contributed by atoms with van der Waals surface area (Å²) in [6.45, 7) is 4.05. The maximum atomic E-state index is 11.6. The predicted octanol–water partition coefficient (Wildman–Crippen LogP) is 1.52. The molecule has 0 bridgehead atoms. The van der Waals surface area contributed by atoms with Crippen molar-refractivity contribution in [3.63, 3.8) is 0 Å². The van der Waals surface area contributed by atoms with Crippen LogP contribution in [0.2, 0.25) is 0 Å². The maximum Gasteiger partial charge on any atom is 0.254 e. The molecule has 0 atom stereocenters. The van der Waals surface area contributed by atoms with Crippen LogP contribution in [0, 0.1) is 6.92 Å². The van der Waals surface area contributed by atoms with E-state index in [1.165, 1.54) is 6.33 Å². The minimum atomic E-state index is 0.0480. The van der Waals surface area contributed by atoms with Gasteiger partial charge in [-0.05, 0) is 26.2 Å². The van der Waals surface area contributed by atoms with E-state index in [4.69, 9.17) is 0 Å². The van der Waals surface area contributed by atoms with Gasteiger partial charge < -0.3 is 4.98 Å². The molecule has 1 aliphatic carbocycles. The van der Waals surface area contributed by atoms with Gasteiger partial charge in [-0.1, -0.05) is 6.92 Å². The van der Waals surface area contributed by atoms with Crippen molar-refractivity contribution in [2.45, 2.75) is 38.5 Å². The summed E-state index contributed by atoms with van der Waals surface area (Å²) >= 11 is 0. The van der Waals surface area contributed by atoms with E-state index >= 15 is 0 Å². The molecule has 1 saturated carbocycles. The molecule has 0 aliphatic heterocycles. The highest BCUT2D eigenvalue weighted by molar-refractivity contribution is 5.31. The zero-order chi connectivity index (χ0) is 9.47. The third-order valence-electron chi connectivity index (χ3n) is 3.10. The molecular formula is C10H14N2O. The first-order chi connectivity index (χ1) is 6.19. The molecule has 1 fully saturated rings. The van der Waals surface area contributed by atoms with Crippen molar-refractivity contribution in [3.8, 4) is 0 Å². The lowest BCUT2D eigenvalue weighted by Gasteiger charge is -2.12. The molecule has 0 amide bonds. The Hall–Kier alpha value is -1.12. The molecule has 0 spiro atoms. The van der Waals surface area contributed by atoms with Gasteiger partial charge in [-0.2, -0.15) is 0 Å². The lowest BCUT2D eigenvalue weighted by Crippen LogP contribution is -2.23. The second-order valence-electron chi connectivity index (χ2n) is 3.83. The first-order valence-corrected chi connectivity index (χ1v) is 4.74. The zero-order valence-electron chi connectivity index (χ0n) is 8.05. The van der Waals surface area contributed by atoms with Gasteiger partial charge in [0.1, 0.15) is 0 Å². The van der Waals surface area contributed by atoms with Crippen molar-refractivity contribution >= 4 is 0 Å². The Morgan fingerprint density at radius 2 is 2.31 bits per heavy atom. The summed E-state index contributed by atoms with van der Waals surface area (Å²) in [6, 6.07) is 0. The van der Waals surface area contributed by atoms with Gasteiger partial charge in [0, 0.05) is 16.7 Å². The molecule has 70 valence electrons. The van der Waals surface area contributed by atoms with Crippen LogP contribution in [0.25, 0.3) is 0 Å². The van der Waals surface area contributed by atoms with Gasteiger partial charge in [0.05, 0.1) is 6.33 Å². The molecule has 1 aromatic rings. The van der Waals surface area contributed by atoms with Crippen molar-refractivity contribution in [2.24, 2.45) is 0 Å². The fourth-order valence-electron chi connectivity index (χ4n) is 2.04. The summed E-state index contributed by atoms with van der Waals surface area (Å²) in [4.78, 5) is 18.4. The maximum absolute atomic E-state index is 11.6. The summed E-state index contributed by atoms with van der Waals surface area (Å²) in [7, 11) is 0. The molecule has 3 heteroatoms. The number of hydrogen-bond donors (Lipinski definition) is 1. The normalized spacial score (nSPS) is 18.6. The average molecular weight is 178 g/mol. The van der Waals surface area contributed by atoms with E-state index in [1.54, 1.807) is 0 Å². The Bertz CT molecular complexity index is 377. The first-order valence-electron chi connectivity index (χ1n) is 4.74. The standard InChI is InChI=1S/C10H14N2O/c1-3-10(4-5-10)8-7(2)11-6-12-9(8)13/h6H,3-5H2,1-2H3,(H,11,12,13). The second kappa shape index (κ2) is 2.69. The summed E-state index contributed by atoms with van der Waals surface area (Å²) in [6.07, 6.45) is 4.80. The molecule has 2 rings (SSSR count). The van der Waals surface area contributed by atoms with Gasteiger partial charge in [0.2, 0.25) is 0 Å². The molecule has 13 heavy (non-hydrogen) atoms. The number of aromatic amines is 1. The van der Waals surface area contributed by atoms with Crippen molar-refractivity contribution in [1.82, 2.24) is 9.97 Å². The van der Waals surface area contributed by atoms with E-state index in [0.717, 1.165) is 30.5 Å². The lowest BCUT2D eigenvalue weighted by molar-refractivity contribution is 0.642. The molecule has 1 N–H and O–H groups in total. The molecule has 0 saturated heterocycles. The van der Waals surface area contributed by atoms with Crippen molar-refractivity contribution in [3.05, 3.63) is 27.9 Å². The van der Waals surface area contributed by atoms with E-state index in [2.05, 4.69) is 16.9 Å². The van der Waals surface area contributed by atoms with Crippen molar-refractivity contribution in [2.75, 3.05) is 0 Å². The van der Waals surface area contributed by atoms with E-state index in [9.17, 15) is 4.79 Å². The minimum Gasteiger partial charge on any atom is -0.313 e. The number of rotatable bonds is 2. The van der Waals surface area contributed by atoms with Crippen LogP contribution >= 0.6 is 0 Å². The van der Waals surface area contributed by atoms with E-state index in [-0.39, 0.29) is 11.0 Å². The highest BCUT2D eigenvalue weighted by Crippen LogP contribution is 2.50. The summed E-state index contributed by atoms with van der Waals surface area (Å²) in [5, 5.41) is 0. The third kappa shape index (κ3) is 1.19.